The number of rotatable bonds is 4. The van der Waals surface area contributed by atoms with Crippen LogP contribution in [0.1, 0.15) is 11.8 Å². The smallest absolute Gasteiger partial charge is 0.344 e. The van der Waals surface area contributed by atoms with Gasteiger partial charge in [0.25, 0.3) is 5.91 Å². The largest absolute Gasteiger partial charge is 0.415 e. The van der Waals surface area contributed by atoms with Crippen LogP contribution in [0, 0.1) is 0 Å². The first-order valence-corrected chi connectivity index (χ1v) is 6.18. The van der Waals surface area contributed by atoms with Crippen molar-refractivity contribution in [1.29, 1.82) is 0 Å². The number of likely N-dealkylation sites (N-methyl/N-ethyl adjacent to an activating group) is 1. The molecule has 0 saturated heterocycles. The summed E-state index contributed by atoms with van der Waals surface area (Å²) in [4.78, 5) is 13.7. The Kier molecular flexibility index (Phi) is 4.39. The minimum atomic E-state index is -4.75. The molecule has 0 aliphatic carbocycles. The molecule has 0 bridgehead atoms. The predicted molar refractivity (Wildman–Crippen MR) is 64.3 cm³/mol. The van der Waals surface area contributed by atoms with Crippen molar-refractivity contribution in [1.82, 2.24) is 4.90 Å². The monoisotopic (exact) mass is 280 g/mol. The molecule has 1 aromatic heterocycles. The summed E-state index contributed by atoms with van der Waals surface area (Å²) in [5.41, 5.74) is 2.24. The second-order valence-corrected chi connectivity index (χ2v) is 5.29. The maximum absolute atomic E-state index is 12.6. The number of nitrogens with zero attached hydrogens (tertiary/aromatic N) is 1. The minimum Gasteiger partial charge on any atom is -0.344 e. The summed E-state index contributed by atoms with van der Waals surface area (Å²) in [5.74, 6) is -1.12. The van der Waals surface area contributed by atoms with E-state index in [-0.39, 0.29) is 6.54 Å². The molecule has 0 aliphatic heterocycles. The Bertz CT molecular complexity index is 401. The number of nitrogens with two attached hydrogens (primary N) is 1. The molecular formula is C11H15F3N2OS. The average Bonchev–Trinajstić information content (AvgIpc) is 2.75. The molecule has 1 aromatic rings. The SMILES string of the molecule is CN(CCc1cccs1)C(=O)C(C)(N)C(F)(F)F. The van der Waals surface area contributed by atoms with Gasteiger partial charge < -0.3 is 10.6 Å². The lowest BCUT2D eigenvalue weighted by Crippen LogP contribution is -2.61. The molecule has 1 heterocycles. The lowest BCUT2D eigenvalue weighted by atomic mass is 10.0. The van der Waals surface area contributed by atoms with Crippen molar-refractivity contribution in [2.75, 3.05) is 13.6 Å². The van der Waals surface area contributed by atoms with Crippen LogP contribution < -0.4 is 5.73 Å². The molecule has 1 rings (SSSR count). The summed E-state index contributed by atoms with van der Waals surface area (Å²) < 4.78 is 37.8. The number of hydrogen-bond acceptors (Lipinski definition) is 3. The molecule has 0 saturated carbocycles. The van der Waals surface area contributed by atoms with Gasteiger partial charge in [0.15, 0.2) is 5.54 Å². The van der Waals surface area contributed by atoms with Crippen LogP contribution in [-0.4, -0.2) is 36.1 Å². The fourth-order valence-corrected chi connectivity index (χ4v) is 2.05. The van der Waals surface area contributed by atoms with E-state index in [1.54, 1.807) is 0 Å². The molecule has 0 aliphatic rings. The van der Waals surface area contributed by atoms with Crippen molar-refractivity contribution in [3.05, 3.63) is 22.4 Å². The zero-order valence-corrected chi connectivity index (χ0v) is 10.9. The fourth-order valence-electron chi connectivity index (χ4n) is 1.35. The van der Waals surface area contributed by atoms with Crippen molar-refractivity contribution < 1.29 is 18.0 Å². The number of halogens is 3. The lowest BCUT2D eigenvalue weighted by Gasteiger charge is -2.30. The average molecular weight is 280 g/mol. The molecule has 7 heteroatoms. The van der Waals surface area contributed by atoms with Gasteiger partial charge in [-0.15, -0.1) is 11.3 Å². The molecule has 2 N–H and O–H groups in total. The quantitative estimate of drug-likeness (QED) is 0.917. The van der Waals surface area contributed by atoms with Gasteiger partial charge in [0.1, 0.15) is 0 Å². The van der Waals surface area contributed by atoms with Crippen LogP contribution in [0.4, 0.5) is 13.2 Å². The van der Waals surface area contributed by atoms with E-state index in [2.05, 4.69) is 0 Å². The van der Waals surface area contributed by atoms with Gasteiger partial charge in [-0.2, -0.15) is 13.2 Å². The zero-order chi connectivity index (χ0) is 14.0. The van der Waals surface area contributed by atoms with Gasteiger partial charge in [0.2, 0.25) is 0 Å². The van der Waals surface area contributed by atoms with E-state index in [1.807, 2.05) is 17.5 Å². The number of alkyl halides is 3. The van der Waals surface area contributed by atoms with Gasteiger partial charge in [0, 0.05) is 18.5 Å². The van der Waals surface area contributed by atoms with Crippen LogP contribution in [0.3, 0.4) is 0 Å². The van der Waals surface area contributed by atoms with Crippen molar-refractivity contribution in [2.45, 2.75) is 25.1 Å². The number of carbonyl (C=O) groups excluding carboxylic acids is 1. The molecule has 18 heavy (non-hydrogen) atoms. The molecular weight excluding hydrogens is 265 g/mol. The summed E-state index contributed by atoms with van der Waals surface area (Å²) in [7, 11) is 1.33. The van der Waals surface area contributed by atoms with Gasteiger partial charge in [0.05, 0.1) is 0 Å². The van der Waals surface area contributed by atoms with Crippen LogP contribution in [-0.2, 0) is 11.2 Å². The molecule has 1 unspecified atom stereocenters. The molecule has 0 spiro atoms. The van der Waals surface area contributed by atoms with E-state index in [1.165, 1.54) is 18.4 Å². The highest BCUT2D eigenvalue weighted by Gasteiger charge is 2.54. The molecule has 0 radical (unpaired) electrons. The Morgan fingerprint density at radius 2 is 2.11 bits per heavy atom. The predicted octanol–water partition coefficient (Wildman–Crippen LogP) is 2.03. The Balaban J connectivity index is 2.61. The van der Waals surface area contributed by atoms with E-state index in [9.17, 15) is 18.0 Å². The van der Waals surface area contributed by atoms with Crippen LogP contribution in [0.25, 0.3) is 0 Å². The summed E-state index contributed by atoms with van der Waals surface area (Å²) in [6, 6.07) is 3.72. The third kappa shape index (κ3) is 3.23. The Hall–Kier alpha value is -1.08. The van der Waals surface area contributed by atoms with Gasteiger partial charge in [-0.3, -0.25) is 4.79 Å². The maximum atomic E-state index is 12.6. The van der Waals surface area contributed by atoms with Crippen LogP contribution in [0.5, 0.6) is 0 Å². The van der Waals surface area contributed by atoms with Gasteiger partial charge in [-0.05, 0) is 24.8 Å². The second kappa shape index (κ2) is 5.27. The second-order valence-electron chi connectivity index (χ2n) is 4.26. The Labute approximate surface area is 107 Å². The fraction of sp³-hybridized carbons (Fsp3) is 0.545. The van der Waals surface area contributed by atoms with E-state index in [0.717, 1.165) is 9.78 Å². The maximum Gasteiger partial charge on any atom is 0.415 e. The summed E-state index contributed by atoms with van der Waals surface area (Å²) in [6.45, 7) is 0.902. The number of amides is 1. The lowest BCUT2D eigenvalue weighted by molar-refractivity contribution is -0.192. The van der Waals surface area contributed by atoms with E-state index >= 15 is 0 Å². The van der Waals surface area contributed by atoms with Gasteiger partial charge >= 0.3 is 6.18 Å². The number of carbonyl (C=O) groups is 1. The van der Waals surface area contributed by atoms with Gasteiger partial charge in [-0.25, -0.2) is 0 Å². The number of hydrogen-bond donors (Lipinski definition) is 1. The summed E-state index contributed by atoms with van der Waals surface area (Å²) in [5, 5.41) is 1.87. The molecule has 0 aromatic carbocycles. The van der Waals surface area contributed by atoms with E-state index in [0.29, 0.717) is 13.3 Å². The van der Waals surface area contributed by atoms with Crippen LogP contribution in [0.2, 0.25) is 0 Å². The standard InChI is InChI=1S/C11H15F3N2OS/c1-10(15,11(12,13)14)9(17)16(2)6-5-8-4-3-7-18-8/h3-4,7H,5-6,15H2,1-2H3. The first-order valence-electron chi connectivity index (χ1n) is 5.30. The Morgan fingerprint density at radius 1 is 1.50 bits per heavy atom. The number of thiophene rings is 1. The van der Waals surface area contributed by atoms with E-state index in [4.69, 9.17) is 5.73 Å². The molecule has 0 fully saturated rings. The van der Waals surface area contributed by atoms with Crippen molar-refractivity contribution in [3.8, 4) is 0 Å². The van der Waals surface area contributed by atoms with E-state index < -0.39 is 17.6 Å². The van der Waals surface area contributed by atoms with Crippen molar-refractivity contribution in [3.63, 3.8) is 0 Å². The third-order valence-electron chi connectivity index (χ3n) is 2.65. The Morgan fingerprint density at radius 3 is 2.56 bits per heavy atom. The minimum absolute atomic E-state index is 0.211. The zero-order valence-electron chi connectivity index (χ0n) is 10.1. The molecule has 3 nitrogen and oxygen atoms in total. The van der Waals surface area contributed by atoms with Crippen LogP contribution >= 0.6 is 11.3 Å². The molecule has 1 atom stereocenters. The third-order valence-corrected chi connectivity index (χ3v) is 3.59. The van der Waals surface area contributed by atoms with Gasteiger partial charge in [-0.1, -0.05) is 6.07 Å². The summed E-state index contributed by atoms with van der Waals surface area (Å²) >= 11 is 1.50. The normalized spacial score (nSPS) is 15.2. The molecule has 102 valence electrons. The first-order chi connectivity index (χ1) is 8.16. The summed E-state index contributed by atoms with van der Waals surface area (Å²) in [6.07, 6.45) is -4.23. The molecule has 1 amide bonds. The highest BCUT2D eigenvalue weighted by Crippen LogP contribution is 2.29. The highest BCUT2D eigenvalue weighted by atomic mass is 32.1. The van der Waals surface area contributed by atoms with Crippen molar-refractivity contribution in [2.24, 2.45) is 5.73 Å². The topological polar surface area (TPSA) is 46.3 Å². The highest BCUT2D eigenvalue weighted by molar-refractivity contribution is 7.09. The van der Waals surface area contributed by atoms with Crippen molar-refractivity contribution >= 4 is 17.2 Å². The van der Waals surface area contributed by atoms with Crippen LogP contribution in [0.15, 0.2) is 17.5 Å². The first kappa shape index (κ1) is 15.0.